The summed E-state index contributed by atoms with van der Waals surface area (Å²) in [6.07, 6.45) is 1.42. The third-order valence-corrected chi connectivity index (χ3v) is 6.60. The minimum Gasteiger partial charge on any atom is -0.388 e. The van der Waals surface area contributed by atoms with E-state index in [1.165, 1.54) is 11.8 Å². The van der Waals surface area contributed by atoms with Crippen LogP contribution in [0.15, 0.2) is 0 Å². The van der Waals surface area contributed by atoms with E-state index in [0.717, 1.165) is 32.2 Å². The topological polar surface area (TPSA) is 111 Å². The van der Waals surface area contributed by atoms with Crippen LogP contribution in [0.25, 0.3) is 0 Å². The van der Waals surface area contributed by atoms with E-state index in [-0.39, 0.29) is 17.9 Å². The fourth-order valence-corrected chi connectivity index (χ4v) is 4.80. The number of carbonyl (C=O) groups is 1. The van der Waals surface area contributed by atoms with Crippen LogP contribution in [0, 0.1) is 11.8 Å². The number of nitrogens with one attached hydrogen (secondary N) is 2. The second-order valence-corrected chi connectivity index (χ2v) is 9.08. The fourth-order valence-electron chi connectivity index (χ4n) is 4.12. The van der Waals surface area contributed by atoms with E-state index in [1.807, 2.05) is 13.8 Å². The third kappa shape index (κ3) is 5.58. The van der Waals surface area contributed by atoms with Crippen LogP contribution >= 0.6 is 11.8 Å². The number of aliphatic hydroxyl groups excluding tert-OH is 3. The standard InChI is InChI=1S/C19H36N2O5S/c1-5-6-11-7-8-20-12(9-11)18(25)21-13(10(2)3)17-15(23)14(22)16(24)19(26-17)27-4/h10-17,19-20,22-24H,5-9H2,1-4H3,(H,21,25)/t11-,12+,13-,14+,15-,16-,17-,19-/m1/s1. The summed E-state index contributed by atoms with van der Waals surface area (Å²) in [4.78, 5) is 12.9. The van der Waals surface area contributed by atoms with Gasteiger partial charge >= 0.3 is 0 Å². The van der Waals surface area contributed by atoms with Gasteiger partial charge in [-0.1, -0.05) is 33.6 Å². The Morgan fingerprint density at radius 1 is 1.26 bits per heavy atom. The first-order chi connectivity index (χ1) is 12.8. The van der Waals surface area contributed by atoms with Gasteiger partial charge in [-0.15, -0.1) is 11.8 Å². The van der Waals surface area contributed by atoms with Crippen molar-refractivity contribution in [3.63, 3.8) is 0 Å². The molecular weight excluding hydrogens is 368 g/mol. The van der Waals surface area contributed by atoms with Gasteiger partial charge in [-0.25, -0.2) is 0 Å². The highest BCUT2D eigenvalue weighted by molar-refractivity contribution is 7.99. The lowest BCUT2D eigenvalue weighted by atomic mass is 9.86. The molecule has 0 radical (unpaired) electrons. The second-order valence-electron chi connectivity index (χ2n) is 8.14. The molecule has 2 fully saturated rings. The first kappa shape index (κ1) is 22.9. The lowest BCUT2D eigenvalue weighted by Crippen LogP contribution is -2.65. The minimum atomic E-state index is -1.30. The van der Waals surface area contributed by atoms with E-state index < -0.39 is 35.9 Å². The molecule has 0 aromatic rings. The molecule has 0 unspecified atom stereocenters. The highest BCUT2D eigenvalue weighted by Crippen LogP contribution is 2.30. The van der Waals surface area contributed by atoms with Crippen molar-refractivity contribution in [2.75, 3.05) is 12.8 Å². The monoisotopic (exact) mass is 404 g/mol. The Morgan fingerprint density at radius 3 is 2.56 bits per heavy atom. The van der Waals surface area contributed by atoms with E-state index in [1.54, 1.807) is 6.26 Å². The van der Waals surface area contributed by atoms with Gasteiger partial charge in [0.2, 0.25) is 5.91 Å². The summed E-state index contributed by atoms with van der Waals surface area (Å²) in [6.45, 7) is 6.88. The molecule has 2 aliphatic heterocycles. The molecule has 158 valence electrons. The minimum absolute atomic E-state index is 0.00595. The molecule has 5 N–H and O–H groups in total. The first-order valence-electron chi connectivity index (χ1n) is 10.1. The summed E-state index contributed by atoms with van der Waals surface area (Å²) in [6, 6.07) is -0.707. The molecule has 2 rings (SSSR count). The van der Waals surface area contributed by atoms with E-state index >= 15 is 0 Å². The maximum atomic E-state index is 12.9. The van der Waals surface area contributed by atoms with Crippen LogP contribution in [0.3, 0.4) is 0 Å². The third-order valence-electron chi connectivity index (χ3n) is 5.75. The average molecular weight is 405 g/mol. The first-order valence-corrected chi connectivity index (χ1v) is 11.3. The molecule has 0 bridgehead atoms. The predicted octanol–water partition coefficient (Wildman–Crippen LogP) is 0.466. The highest BCUT2D eigenvalue weighted by Gasteiger charge is 2.47. The summed E-state index contributed by atoms with van der Waals surface area (Å²) in [7, 11) is 0. The van der Waals surface area contributed by atoms with Crippen molar-refractivity contribution in [1.29, 1.82) is 0 Å². The molecule has 0 saturated carbocycles. The number of piperidine rings is 1. The van der Waals surface area contributed by atoms with Crippen molar-refractivity contribution in [1.82, 2.24) is 10.6 Å². The number of rotatable bonds is 7. The van der Waals surface area contributed by atoms with Gasteiger partial charge in [-0.2, -0.15) is 0 Å². The molecule has 2 heterocycles. The van der Waals surface area contributed by atoms with Crippen molar-refractivity contribution in [2.45, 2.75) is 88.4 Å². The van der Waals surface area contributed by atoms with Gasteiger partial charge in [-0.05, 0) is 37.5 Å². The van der Waals surface area contributed by atoms with E-state index in [0.29, 0.717) is 5.92 Å². The van der Waals surface area contributed by atoms with Gasteiger partial charge < -0.3 is 30.7 Å². The molecule has 8 atom stereocenters. The number of hydrogen-bond donors (Lipinski definition) is 5. The van der Waals surface area contributed by atoms with Gasteiger partial charge in [-0.3, -0.25) is 4.79 Å². The molecule has 27 heavy (non-hydrogen) atoms. The van der Waals surface area contributed by atoms with Crippen molar-refractivity contribution in [2.24, 2.45) is 11.8 Å². The normalized spacial score (nSPS) is 38.6. The number of hydrogen-bond acceptors (Lipinski definition) is 7. The summed E-state index contributed by atoms with van der Waals surface area (Å²) in [5.41, 5.74) is -0.645. The lowest BCUT2D eigenvalue weighted by molar-refractivity contribution is -0.208. The van der Waals surface area contributed by atoms with Crippen LogP contribution in [-0.4, -0.2) is 76.0 Å². The van der Waals surface area contributed by atoms with Crippen LogP contribution < -0.4 is 10.6 Å². The van der Waals surface area contributed by atoms with Gasteiger partial charge in [0.25, 0.3) is 0 Å². The summed E-state index contributed by atoms with van der Waals surface area (Å²) in [5.74, 6) is 0.457. The maximum absolute atomic E-state index is 12.9. The number of ether oxygens (including phenoxy) is 1. The quantitative estimate of drug-likeness (QED) is 0.419. The Bertz CT molecular complexity index is 477. The summed E-state index contributed by atoms with van der Waals surface area (Å²) >= 11 is 1.28. The Hall–Kier alpha value is -0.380. The van der Waals surface area contributed by atoms with E-state index in [4.69, 9.17) is 4.74 Å². The Morgan fingerprint density at radius 2 is 1.96 bits per heavy atom. The van der Waals surface area contributed by atoms with Crippen molar-refractivity contribution in [3.05, 3.63) is 0 Å². The van der Waals surface area contributed by atoms with E-state index in [2.05, 4.69) is 17.6 Å². The molecule has 0 aromatic heterocycles. The van der Waals surface area contributed by atoms with Gasteiger partial charge in [0.05, 0.1) is 12.1 Å². The summed E-state index contributed by atoms with van der Waals surface area (Å²) in [5, 5.41) is 37.1. The van der Waals surface area contributed by atoms with Gasteiger partial charge in [0.1, 0.15) is 29.9 Å². The number of carbonyl (C=O) groups excluding carboxylic acids is 1. The zero-order chi connectivity index (χ0) is 20.1. The molecule has 8 heteroatoms. The molecule has 2 saturated heterocycles. The predicted molar refractivity (Wildman–Crippen MR) is 106 cm³/mol. The van der Waals surface area contributed by atoms with Gasteiger partial charge in [0.15, 0.2) is 0 Å². The lowest BCUT2D eigenvalue weighted by Gasteiger charge is -2.44. The Labute approximate surface area is 166 Å². The molecule has 0 aliphatic carbocycles. The molecule has 0 aromatic carbocycles. The second kappa shape index (κ2) is 10.4. The Balaban J connectivity index is 2.07. The van der Waals surface area contributed by atoms with Crippen molar-refractivity contribution < 1.29 is 24.9 Å². The van der Waals surface area contributed by atoms with Crippen LogP contribution in [0.2, 0.25) is 0 Å². The van der Waals surface area contributed by atoms with Crippen LogP contribution in [0.5, 0.6) is 0 Å². The number of aliphatic hydroxyl groups is 3. The smallest absolute Gasteiger partial charge is 0.237 e. The van der Waals surface area contributed by atoms with E-state index in [9.17, 15) is 20.1 Å². The zero-order valence-corrected chi connectivity index (χ0v) is 17.6. The molecular formula is C19H36N2O5S. The molecule has 7 nitrogen and oxygen atoms in total. The Kier molecular flexibility index (Phi) is 8.83. The maximum Gasteiger partial charge on any atom is 0.237 e. The molecule has 0 spiro atoms. The largest absolute Gasteiger partial charge is 0.388 e. The van der Waals surface area contributed by atoms with Crippen LogP contribution in [-0.2, 0) is 9.53 Å². The summed E-state index contributed by atoms with van der Waals surface area (Å²) < 4.78 is 5.87. The van der Waals surface area contributed by atoms with Crippen LogP contribution in [0.1, 0.15) is 46.5 Å². The number of thioether (sulfide) groups is 1. The zero-order valence-electron chi connectivity index (χ0n) is 16.8. The molecule has 2 aliphatic rings. The fraction of sp³-hybridized carbons (Fsp3) is 0.947. The average Bonchev–Trinajstić information content (AvgIpc) is 2.65. The number of amides is 1. The SMILES string of the molecule is CCC[C@@H]1CCN[C@H](C(=O)N[C@H](C(C)C)[C@H]2O[C@H](SC)[C@H](O)[C@@H](O)[C@H]2O)C1. The molecule has 1 amide bonds. The van der Waals surface area contributed by atoms with Crippen molar-refractivity contribution >= 4 is 17.7 Å². The van der Waals surface area contributed by atoms with Crippen molar-refractivity contribution in [3.8, 4) is 0 Å². The highest BCUT2D eigenvalue weighted by atomic mass is 32.2. The van der Waals surface area contributed by atoms with Crippen LogP contribution in [0.4, 0.5) is 0 Å². The van der Waals surface area contributed by atoms with Gasteiger partial charge in [0, 0.05) is 0 Å².